The first-order chi connectivity index (χ1) is 5.49. The second-order valence-electron chi connectivity index (χ2n) is 2.38. The molecule has 1 aromatic rings. The van der Waals surface area contributed by atoms with Crippen LogP contribution < -0.4 is 0 Å². The summed E-state index contributed by atoms with van der Waals surface area (Å²) in [6.07, 6.45) is 1.56. The van der Waals surface area contributed by atoms with E-state index in [0.717, 1.165) is 0 Å². The molecule has 0 N–H and O–H groups in total. The second kappa shape index (κ2) is 3.35. The molecule has 0 aliphatic heterocycles. The number of aromatic nitrogens is 1. The maximum absolute atomic E-state index is 11.9. The summed E-state index contributed by atoms with van der Waals surface area (Å²) in [7, 11) is 0. The van der Waals surface area contributed by atoms with Crippen LogP contribution in [-0.4, -0.2) is 12.0 Å². The number of pyridine rings is 1. The topological polar surface area (TPSA) is 12.9 Å². The van der Waals surface area contributed by atoms with Crippen LogP contribution in [0, 0.1) is 0 Å². The van der Waals surface area contributed by atoms with Crippen molar-refractivity contribution in [2.75, 3.05) is 0 Å². The monoisotopic (exact) mass is 194 g/mol. The molecule has 0 unspecified atom stereocenters. The van der Waals surface area contributed by atoms with Crippen molar-refractivity contribution >= 4 is 18.6 Å². The summed E-state index contributed by atoms with van der Waals surface area (Å²) < 4.78 is 35.7. The molecule has 1 nitrogen and oxygen atoms in total. The zero-order chi connectivity index (χ0) is 9.19. The van der Waals surface area contributed by atoms with Gasteiger partial charge in [-0.05, 0) is 6.07 Å². The molecule has 1 aromatic heterocycles. The van der Waals surface area contributed by atoms with Crippen LogP contribution in [-0.2, 0) is 6.32 Å². The van der Waals surface area contributed by atoms with Gasteiger partial charge in [-0.3, -0.25) is 4.98 Å². The fourth-order valence-electron chi connectivity index (χ4n) is 0.819. The number of hydrogen-bond donors (Lipinski definition) is 0. The third-order valence-corrected chi connectivity index (χ3v) is 1.65. The van der Waals surface area contributed by atoms with E-state index < -0.39 is 13.3 Å². The fraction of sp³-hybridized carbons (Fsp3) is 0.167. The molecule has 0 amide bonds. The molecule has 66 valence electrons. The molecule has 0 spiro atoms. The minimum absolute atomic E-state index is 0.0664. The Balaban J connectivity index is 2.83. The first-order valence-corrected chi connectivity index (χ1v) is 3.66. The molecule has 6 heteroatoms. The average Bonchev–Trinajstić information content (AvgIpc) is 1.91. The highest BCUT2D eigenvalue weighted by atomic mass is 35.5. The molecular formula is C6H5BClF3N-. The van der Waals surface area contributed by atoms with Gasteiger partial charge in [0.25, 0.3) is 0 Å². The van der Waals surface area contributed by atoms with Gasteiger partial charge in [-0.1, -0.05) is 23.5 Å². The molecule has 0 atom stereocenters. The quantitative estimate of drug-likeness (QED) is 0.660. The second-order valence-corrected chi connectivity index (χ2v) is 2.79. The van der Waals surface area contributed by atoms with Crippen LogP contribution in [0.3, 0.4) is 0 Å². The Morgan fingerprint density at radius 1 is 1.42 bits per heavy atom. The SMILES string of the molecule is F[B-](F)(F)Cc1ccncc1Cl. The summed E-state index contributed by atoms with van der Waals surface area (Å²) in [5, 5.41) is 0.0664. The van der Waals surface area contributed by atoms with Gasteiger partial charge in [0, 0.05) is 12.4 Å². The molecule has 0 bridgehead atoms. The smallest absolute Gasteiger partial charge is 0.449 e. The molecule has 0 radical (unpaired) electrons. The van der Waals surface area contributed by atoms with E-state index >= 15 is 0 Å². The van der Waals surface area contributed by atoms with Crippen LogP contribution in [0.4, 0.5) is 12.9 Å². The van der Waals surface area contributed by atoms with Gasteiger partial charge in [-0.15, -0.1) is 0 Å². The molecule has 0 aliphatic carbocycles. The van der Waals surface area contributed by atoms with Gasteiger partial charge in [-0.25, -0.2) is 0 Å². The van der Waals surface area contributed by atoms with E-state index in [1.807, 2.05) is 0 Å². The molecule has 0 saturated heterocycles. The van der Waals surface area contributed by atoms with E-state index in [2.05, 4.69) is 4.98 Å². The van der Waals surface area contributed by atoms with Crippen LogP contribution in [0.15, 0.2) is 18.5 Å². The van der Waals surface area contributed by atoms with E-state index in [1.54, 1.807) is 0 Å². The van der Waals surface area contributed by atoms with Crippen molar-refractivity contribution in [2.24, 2.45) is 0 Å². The van der Waals surface area contributed by atoms with Crippen LogP contribution in [0.25, 0.3) is 0 Å². The first-order valence-electron chi connectivity index (χ1n) is 3.28. The van der Waals surface area contributed by atoms with Crippen LogP contribution in [0.1, 0.15) is 5.56 Å². The van der Waals surface area contributed by atoms with E-state index in [4.69, 9.17) is 11.6 Å². The van der Waals surface area contributed by atoms with E-state index in [-0.39, 0.29) is 10.6 Å². The molecule has 12 heavy (non-hydrogen) atoms. The minimum Gasteiger partial charge on any atom is -0.449 e. The third kappa shape index (κ3) is 2.73. The number of hydrogen-bond acceptors (Lipinski definition) is 1. The van der Waals surface area contributed by atoms with Crippen molar-refractivity contribution in [1.82, 2.24) is 4.98 Å². The summed E-state index contributed by atoms with van der Waals surface area (Å²) in [6, 6.07) is 1.28. The molecule has 0 saturated carbocycles. The average molecular weight is 194 g/mol. The van der Waals surface area contributed by atoms with Gasteiger partial charge in [-0.2, -0.15) is 0 Å². The van der Waals surface area contributed by atoms with Crippen molar-refractivity contribution < 1.29 is 12.9 Å². The van der Waals surface area contributed by atoms with Crippen molar-refractivity contribution in [3.8, 4) is 0 Å². The number of rotatable bonds is 2. The lowest BCUT2D eigenvalue weighted by Gasteiger charge is -2.13. The fourth-order valence-corrected chi connectivity index (χ4v) is 1.02. The van der Waals surface area contributed by atoms with E-state index in [9.17, 15) is 12.9 Å². The molecule has 0 fully saturated rings. The Kier molecular flexibility index (Phi) is 2.62. The summed E-state index contributed by atoms with van der Waals surface area (Å²) in [6.45, 7) is -4.81. The highest BCUT2D eigenvalue weighted by Gasteiger charge is 2.24. The highest BCUT2D eigenvalue weighted by molar-refractivity contribution is 6.58. The minimum atomic E-state index is -4.81. The summed E-state index contributed by atoms with van der Waals surface area (Å²) in [5.74, 6) is 0. The van der Waals surface area contributed by atoms with Crippen molar-refractivity contribution in [1.29, 1.82) is 0 Å². The molecule has 1 rings (SSSR count). The van der Waals surface area contributed by atoms with Crippen LogP contribution >= 0.6 is 11.6 Å². The van der Waals surface area contributed by atoms with Gasteiger partial charge >= 0.3 is 6.98 Å². The Morgan fingerprint density at radius 3 is 2.58 bits per heavy atom. The maximum atomic E-state index is 11.9. The van der Waals surface area contributed by atoms with Gasteiger partial charge in [0.05, 0.1) is 5.02 Å². The first kappa shape index (κ1) is 9.38. The van der Waals surface area contributed by atoms with Crippen LogP contribution in [0.2, 0.25) is 5.02 Å². The largest absolute Gasteiger partial charge is 0.482 e. The molecular weight excluding hydrogens is 189 g/mol. The summed E-state index contributed by atoms with van der Waals surface area (Å²) in [4.78, 5) is 3.58. The lowest BCUT2D eigenvalue weighted by atomic mass is 9.82. The Labute approximate surface area is 72.6 Å². The Morgan fingerprint density at radius 2 is 2.08 bits per heavy atom. The van der Waals surface area contributed by atoms with Crippen molar-refractivity contribution in [2.45, 2.75) is 6.32 Å². The van der Waals surface area contributed by atoms with Crippen LogP contribution in [0.5, 0.6) is 0 Å². The van der Waals surface area contributed by atoms with E-state index in [0.29, 0.717) is 0 Å². The normalized spacial score (nSPS) is 11.7. The zero-order valence-electron chi connectivity index (χ0n) is 5.98. The van der Waals surface area contributed by atoms with Gasteiger partial charge < -0.3 is 12.9 Å². The lowest BCUT2D eigenvalue weighted by molar-refractivity contribution is 0.468. The van der Waals surface area contributed by atoms with Gasteiger partial charge in [0.1, 0.15) is 0 Å². The van der Waals surface area contributed by atoms with Gasteiger partial charge in [0.2, 0.25) is 0 Å². The van der Waals surface area contributed by atoms with Crippen molar-refractivity contribution in [3.05, 3.63) is 29.0 Å². The highest BCUT2D eigenvalue weighted by Crippen LogP contribution is 2.21. The molecule has 0 aromatic carbocycles. The van der Waals surface area contributed by atoms with E-state index in [1.165, 1.54) is 18.5 Å². The van der Waals surface area contributed by atoms with Gasteiger partial charge in [0.15, 0.2) is 0 Å². The predicted molar refractivity (Wildman–Crippen MR) is 42.0 cm³/mol. The number of nitrogens with zero attached hydrogens (tertiary/aromatic N) is 1. The zero-order valence-corrected chi connectivity index (χ0v) is 6.73. The Hall–Kier alpha value is -0.705. The number of halogens is 4. The molecule has 0 aliphatic rings. The molecule has 1 heterocycles. The standard InChI is InChI=1S/C6H5BClF3N/c8-6-4-12-2-1-5(6)3-7(9,10)11/h1-2,4H,3H2/q-1. The van der Waals surface area contributed by atoms with Crippen molar-refractivity contribution in [3.63, 3.8) is 0 Å². The lowest BCUT2D eigenvalue weighted by Crippen LogP contribution is -2.19. The third-order valence-electron chi connectivity index (χ3n) is 1.31. The maximum Gasteiger partial charge on any atom is 0.482 e. The summed E-state index contributed by atoms with van der Waals surface area (Å²) in [5.41, 5.74) is 0.0826. The Bertz CT molecular complexity index is 276. The predicted octanol–water partition coefficient (Wildman–Crippen LogP) is 2.66. The summed E-state index contributed by atoms with van der Waals surface area (Å²) >= 11 is 5.48.